The van der Waals surface area contributed by atoms with E-state index in [1.807, 2.05) is 24.3 Å². The molecule has 146 valence electrons. The third kappa shape index (κ3) is 3.96. The number of nitrogens with zero attached hydrogens (tertiary/aromatic N) is 2. The van der Waals surface area contributed by atoms with Gasteiger partial charge in [0.1, 0.15) is 17.3 Å². The largest absolute Gasteiger partial charge is 0.584 e. The zero-order valence-electron chi connectivity index (χ0n) is 14.8. The minimum absolute atomic E-state index is 0.0400. The lowest BCUT2D eigenvalue weighted by molar-refractivity contribution is -0.384. The van der Waals surface area contributed by atoms with E-state index in [-0.39, 0.29) is 17.2 Å². The van der Waals surface area contributed by atoms with Crippen molar-refractivity contribution < 1.29 is 23.4 Å². The zero-order chi connectivity index (χ0) is 20.4. The lowest BCUT2D eigenvalue weighted by Crippen LogP contribution is -2.01. The number of rotatable bonds is 6. The van der Waals surface area contributed by atoms with E-state index in [4.69, 9.17) is 9.05 Å². The predicted molar refractivity (Wildman–Crippen MR) is 106 cm³/mol. The number of H-pyrrole nitrogens is 1. The summed E-state index contributed by atoms with van der Waals surface area (Å²) in [6.45, 7) is 0. The van der Waals surface area contributed by atoms with Crippen LogP contribution in [-0.2, 0) is 4.57 Å². The van der Waals surface area contributed by atoms with E-state index in [1.165, 1.54) is 24.3 Å². The van der Waals surface area contributed by atoms with Gasteiger partial charge in [-0.05, 0) is 29.0 Å². The molecule has 0 amide bonds. The fourth-order valence-corrected chi connectivity index (χ4v) is 3.70. The lowest BCUT2D eigenvalue weighted by Gasteiger charge is -2.17. The Kier molecular flexibility index (Phi) is 4.75. The molecule has 4 rings (SSSR count). The first kappa shape index (κ1) is 18.7. The highest BCUT2D eigenvalue weighted by Crippen LogP contribution is 2.48. The number of phosphoric acid groups is 1. The van der Waals surface area contributed by atoms with E-state index in [2.05, 4.69) is 9.97 Å². The Balaban J connectivity index is 1.68. The molecule has 0 spiro atoms. The van der Waals surface area contributed by atoms with Crippen LogP contribution in [0.3, 0.4) is 0 Å². The Morgan fingerprint density at radius 1 is 1.03 bits per heavy atom. The number of fused-ring (bicyclic) bond motifs is 1. The topological polar surface area (TPSA) is 128 Å². The molecule has 0 saturated carbocycles. The number of nitro benzene ring substituents is 1. The van der Waals surface area contributed by atoms with Crippen LogP contribution in [0.15, 0.2) is 73.1 Å². The highest BCUT2D eigenvalue weighted by molar-refractivity contribution is 7.48. The van der Waals surface area contributed by atoms with Crippen LogP contribution in [0.1, 0.15) is 0 Å². The van der Waals surface area contributed by atoms with E-state index >= 15 is 0 Å². The lowest BCUT2D eigenvalue weighted by atomic mass is 10.0. The molecule has 9 nitrogen and oxygen atoms in total. The van der Waals surface area contributed by atoms with E-state index in [9.17, 15) is 19.6 Å². The maximum absolute atomic E-state index is 12.6. The molecular formula is C19H14N3O6P. The molecule has 2 N–H and O–H groups in total. The van der Waals surface area contributed by atoms with Crippen LogP contribution in [0.25, 0.3) is 22.2 Å². The highest BCUT2D eigenvalue weighted by Gasteiger charge is 2.28. The van der Waals surface area contributed by atoms with Crippen molar-refractivity contribution in [3.63, 3.8) is 0 Å². The molecule has 0 bridgehead atoms. The Labute approximate surface area is 164 Å². The molecule has 29 heavy (non-hydrogen) atoms. The molecule has 1 aromatic heterocycles. The summed E-state index contributed by atoms with van der Waals surface area (Å²) < 4.78 is 23.0. The van der Waals surface area contributed by atoms with Gasteiger partial charge in [0.2, 0.25) is 0 Å². The summed E-state index contributed by atoms with van der Waals surface area (Å²) in [4.78, 5) is 27.6. The van der Waals surface area contributed by atoms with Gasteiger partial charge in [-0.1, -0.05) is 30.3 Å². The average molecular weight is 411 g/mol. The Hall–Kier alpha value is -3.68. The Bertz CT molecular complexity index is 1220. The summed E-state index contributed by atoms with van der Waals surface area (Å²) in [6, 6.07) is 15.5. The number of nitro groups is 1. The molecule has 4 aromatic rings. The third-order valence-electron chi connectivity index (χ3n) is 4.11. The van der Waals surface area contributed by atoms with Crippen LogP contribution in [0, 0.1) is 10.1 Å². The highest BCUT2D eigenvalue weighted by atomic mass is 31.2. The molecule has 0 saturated heterocycles. The van der Waals surface area contributed by atoms with Gasteiger partial charge in [0.05, 0.1) is 10.5 Å². The van der Waals surface area contributed by atoms with Crippen molar-refractivity contribution in [2.45, 2.75) is 0 Å². The average Bonchev–Trinajstić information content (AvgIpc) is 3.22. The van der Waals surface area contributed by atoms with Crippen LogP contribution in [0.4, 0.5) is 5.69 Å². The monoisotopic (exact) mass is 411 g/mol. The first-order valence-corrected chi connectivity index (χ1v) is 9.90. The number of aromatic nitrogens is 2. The fourth-order valence-electron chi connectivity index (χ4n) is 2.88. The maximum atomic E-state index is 12.6. The second kappa shape index (κ2) is 7.38. The van der Waals surface area contributed by atoms with E-state index in [1.54, 1.807) is 24.5 Å². The Morgan fingerprint density at radius 2 is 1.79 bits per heavy atom. The quantitative estimate of drug-likeness (QED) is 0.267. The van der Waals surface area contributed by atoms with Gasteiger partial charge in [-0.3, -0.25) is 15.0 Å². The normalized spacial score (nSPS) is 13.0. The minimum atomic E-state index is -4.59. The van der Waals surface area contributed by atoms with Crippen molar-refractivity contribution in [3.05, 3.63) is 83.2 Å². The summed E-state index contributed by atoms with van der Waals surface area (Å²) in [6.07, 6.45) is 3.19. The van der Waals surface area contributed by atoms with E-state index in [0.717, 1.165) is 10.8 Å². The van der Waals surface area contributed by atoms with Crippen LogP contribution < -0.4 is 9.05 Å². The van der Waals surface area contributed by atoms with Gasteiger partial charge >= 0.3 is 7.82 Å². The van der Waals surface area contributed by atoms with Crippen molar-refractivity contribution in [2.75, 3.05) is 0 Å². The number of phosphoric ester groups is 1. The maximum Gasteiger partial charge on any atom is 0.584 e. The van der Waals surface area contributed by atoms with Crippen molar-refractivity contribution in [2.24, 2.45) is 0 Å². The van der Waals surface area contributed by atoms with Crippen LogP contribution in [-0.4, -0.2) is 19.8 Å². The minimum Gasteiger partial charge on any atom is -0.395 e. The standard InChI is InChI=1S/C19H14N3O6P/c23-22(24)14-6-8-15(9-7-14)27-29(25,26)28-17-10-5-13-3-1-2-4-16(13)18(17)19-20-11-12-21-19/h1-12H,(H,20,21)(H,25,26). The van der Waals surface area contributed by atoms with Crippen LogP contribution >= 0.6 is 7.82 Å². The Morgan fingerprint density at radius 3 is 2.48 bits per heavy atom. The molecule has 1 atom stereocenters. The van der Waals surface area contributed by atoms with E-state index in [0.29, 0.717) is 11.4 Å². The molecular weight excluding hydrogens is 397 g/mol. The molecule has 10 heteroatoms. The summed E-state index contributed by atoms with van der Waals surface area (Å²) in [5.74, 6) is 0.528. The molecule has 1 heterocycles. The van der Waals surface area contributed by atoms with Crippen molar-refractivity contribution >= 4 is 24.3 Å². The predicted octanol–water partition coefficient (Wildman–Crippen LogP) is 4.70. The van der Waals surface area contributed by atoms with Gasteiger partial charge in [-0.25, -0.2) is 9.55 Å². The second-order valence-corrected chi connectivity index (χ2v) is 7.30. The van der Waals surface area contributed by atoms with Gasteiger partial charge < -0.3 is 14.0 Å². The number of hydrogen-bond acceptors (Lipinski definition) is 6. The number of hydrogen-bond donors (Lipinski definition) is 2. The number of imidazole rings is 1. The van der Waals surface area contributed by atoms with Crippen molar-refractivity contribution in [1.82, 2.24) is 9.97 Å². The van der Waals surface area contributed by atoms with Gasteiger partial charge in [0, 0.05) is 24.5 Å². The number of nitrogens with one attached hydrogen (secondary N) is 1. The first-order chi connectivity index (χ1) is 13.9. The first-order valence-electron chi connectivity index (χ1n) is 8.41. The molecule has 0 fully saturated rings. The summed E-state index contributed by atoms with van der Waals surface area (Å²) in [7, 11) is -4.59. The van der Waals surface area contributed by atoms with Gasteiger partial charge in [0.15, 0.2) is 0 Å². The molecule has 0 radical (unpaired) electrons. The summed E-state index contributed by atoms with van der Waals surface area (Å²) in [5.41, 5.74) is 0.343. The van der Waals surface area contributed by atoms with Crippen LogP contribution in [0.2, 0.25) is 0 Å². The summed E-state index contributed by atoms with van der Waals surface area (Å²) >= 11 is 0. The molecule has 3 aromatic carbocycles. The number of benzene rings is 3. The van der Waals surface area contributed by atoms with Crippen LogP contribution in [0.5, 0.6) is 11.5 Å². The SMILES string of the molecule is O=[N+]([O-])c1ccc(OP(=O)(O)Oc2ccc3ccccc3c2-c2ncc[nH]2)cc1. The molecule has 0 aliphatic rings. The van der Waals surface area contributed by atoms with Crippen molar-refractivity contribution in [1.29, 1.82) is 0 Å². The number of aromatic amines is 1. The van der Waals surface area contributed by atoms with Crippen molar-refractivity contribution in [3.8, 4) is 22.9 Å². The molecule has 0 aliphatic heterocycles. The van der Waals surface area contributed by atoms with E-state index < -0.39 is 12.7 Å². The third-order valence-corrected chi connectivity index (χ3v) is 4.98. The van der Waals surface area contributed by atoms with Gasteiger partial charge in [-0.2, -0.15) is 0 Å². The smallest absolute Gasteiger partial charge is 0.395 e. The molecule has 1 unspecified atom stereocenters. The molecule has 0 aliphatic carbocycles. The zero-order valence-corrected chi connectivity index (χ0v) is 15.7. The van der Waals surface area contributed by atoms with Gasteiger partial charge in [-0.15, -0.1) is 0 Å². The fraction of sp³-hybridized carbons (Fsp3) is 0. The van der Waals surface area contributed by atoms with Gasteiger partial charge in [0.25, 0.3) is 5.69 Å². The second-order valence-electron chi connectivity index (χ2n) is 6.00. The number of non-ortho nitro benzene ring substituents is 1. The summed E-state index contributed by atoms with van der Waals surface area (Å²) in [5, 5.41) is 12.4.